The van der Waals surface area contributed by atoms with Gasteiger partial charge in [0.15, 0.2) is 0 Å². The molecular weight excluding hydrogens is 376 g/mol. The largest absolute Gasteiger partial charge is 0.360 e. The van der Waals surface area contributed by atoms with Crippen molar-refractivity contribution in [1.29, 1.82) is 5.26 Å². The molecule has 0 saturated heterocycles. The van der Waals surface area contributed by atoms with Gasteiger partial charge in [-0.25, -0.2) is 0 Å². The standard InChI is InChI=1S/C16H12N4O6S/c17-9-11(10-18-12-4-6-14(7-5-12)20(22)23)16(21)19-13-2-1-3-15(8-13)27(24,25)26/h1-8,10,18H,(H,19,21)(H,24,25,26)/b11-10-. The molecule has 11 heteroatoms. The Balaban J connectivity index is 2.12. The second-order valence-corrected chi connectivity index (χ2v) is 6.50. The van der Waals surface area contributed by atoms with Crippen molar-refractivity contribution in [2.75, 3.05) is 10.6 Å². The number of nitriles is 1. The number of nitrogens with one attached hydrogen (secondary N) is 2. The zero-order chi connectivity index (χ0) is 20.0. The number of hydrogen-bond donors (Lipinski definition) is 3. The van der Waals surface area contributed by atoms with Gasteiger partial charge in [0.25, 0.3) is 21.7 Å². The minimum absolute atomic E-state index is 0.0617. The highest BCUT2D eigenvalue weighted by Crippen LogP contribution is 2.17. The van der Waals surface area contributed by atoms with E-state index in [1.807, 2.05) is 0 Å². The van der Waals surface area contributed by atoms with Gasteiger partial charge >= 0.3 is 0 Å². The van der Waals surface area contributed by atoms with Gasteiger partial charge in [-0.1, -0.05) is 6.07 Å². The van der Waals surface area contributed by atoms with Gasteiger partial charge in [0.1, 0.15) is 11.6 Å². The Morgan fingerprint density at radius 3 is 2.41 bits per heavy atom. The summed E-state index contributed by atoms with van der Waals surface area (Å²) in [4.78, 5) is 21.8. The van der Waals surface area contributed by atoms with E-state index in [1.54, 1.807) is 6.07 Å². The Labute approximate surface area is 153 Å². The maximum atomic E-state index is 12.1. The first-order valence-electron chi connectivity index (χ1n) is 7.21. The van der Waals surface area contributed by atoms with Crippen molar-refractivity contribution in [2.45, 2.75) is 4.90 Å². The van der Waals surface area contributed by atoms with E-state index in [4.69, 9.17) is 9.81 Å². The van der Waals surface area contributed by atoms with Crippen LogP contribution in [0.25, 0.3) is 0 Å². The summed E-state index contributed by atoms with van der Waals surface area (Å²) in [6, 6.07) is 11.8. The lowest BCUT2D eigenvalue weighted by atomic mass is 10.2. The number of non-ortho nitro benzene ring substituents is 1. The van der Waals surface area contributed by atoms with Crippen LogP contribution in [0.5, 0.6) is 0 Å². The van der Waals surface area contributed by atoms with Gasteiger partial charge < -0.3 is 10.6 Å². The molecule has 0 saturated carbocycles. The molecule has 0 aliphatic heterocycles. The minimum Gasteiger partial charge on any atom is -0.360 e. The highest BCUT2D eigenvalue weighted by Gasteiger charge is 2.13. The lowest BCUT2D eigenvalue weighted by Gasteiger charge is -2.06. The van der Waals surface area contributed by atoms with Gasteiger partial charge in [0, 0.05) is 29.7 Å². The number of carbonyl (C=O) groups is 1. The van der Waals surface area contributed by atoms with E-state index in [-0.39, 0.29) is 16.9 Å². The molecule has 27 heavy (non-hydrogen) atoms. The predicted molar refractivity (Wildman–Crippen MR) is 95.3 cm³/mol. The van der Waals surface area contributed by atoms with Crippen LogP contribution in [-0.2, 0) is 14.9 Å². The molecule has 0 spiro atoms. The van der Waals surface area contributed by atoms with Crippen LogP contribution in [0.15, 0.2) is 65.2 Å². The van der Waals surface area contributed by atoms with Gasteiger partial charge in [0.05, 0.1) is 9.82 Å². The second-order valence-electron chi connectivity index (χ2n) is 5.08. The molecule has 0 fully saturated rings. The molecule has 0 atom stereocenters. The lowest BCUT2D eigenvalue weighted by Crippen LogP contribution is -2.15. The van der Waals surface area contributed by atoms with E-state index < -0.39 is 25.8 Å². The smallest absolute Gasteiger partial charge is 0.294 e. The Kier molecular flexibility index (Phi) is 5.86. The van der Waals surface area contributed by atoms with Gasteiger partial charge in [-0.05, 0) is 30.3 Å². The van der Waals surface area contributed by atoms with Gasteiger partial charge in [0.2, 0.25) is 0 Å². The molecule has 1 amide bonds. The number of nitro groups is 1. The second kappa shape index (κ2) is 8.09. The zero-order valence-corrected chi connectivity index (χ0v) is 14.3. The number of anilines is 2. The number of nitrogens with zero attached hydrogens (tertiary/aromatic N) is 2. The number of nitro benzene ring substituents is 1. The average Bonchev–Trinajstić information content (AvgIpc) is 2.62. The van der Waals surface area contributed by atoms with Crippen molar-refractivity contribution < 1.29 is 22.7 Å². The Hall–Kier alpha value is -3.75. The van der Waals surface area contributed by atoms with Crippen molar-refractivity contribution in [2.24, 2.45) is 0 Å². The molecule has 3 N–H and O–H groups in total. The number of benzene rings is 2. The van der Waals surface area contributed by atoms with Crippen molar-refractivity contribution in [3.63, 3.8) is 0 Å². The summed E-state index contributed by atoms with van der Waals surface area (Å²) in [6.45, 7) is 0. The molecule has 0 radical (unpaired) electrons. The quantitative estimate of drug-likeness (QED) is 0.223. The van der Waals surface area contributed by atoms with E-state index in [9.17, 15) is 23.3 Å². The Morgan fingerprint density at radius 1 is 1.19 bits per heavy atom. The topological polar surface area (TPSA) is 162 Å². The Morgan fingerprint density at radius 2 is 1.85 bits per heavy atom. The first-order valence-corrected chi connectivity index (χ1v) is 8.65. The van der Waals surface area contributed by atoms with Gasteiger partial charge in [-0.15, -0.1) is 0 Å². The first-order chi connectivity index (χ1) is 12.7. The third-order valence-electron chi connectivity index (χ3n) is 3.22. The summed E-state index contributed by atoms with van der Waals surface area (Å²) >= 11 is 0. The van der Waals surface area contributed by atoms with Crippen LogP contribution in [0.1, 0.15) is 0 Å². The molecule has 0 bridgehead atoms. The van der Waals surface area contributed by atoms with Crippen molar-refractivity contribution in [3.8, 4) is 6.07 Å². The van der Waals surface area contributed by atoms with Gasteiger partial charge in [-0.3, -0.25) is 19.5 Å². The Bertz CT molecular complexity index is 1060. The predicted octanol–water partition coefficient (Wildman–Crippen LogP) is 2.30. The van der Waals surface area contributed by atoms with E-state index in [2.05, 4.69) is 10.6 Å². The van der Waals surface area contributed by atoms with Crippen LogP contribution in [0.2, 0.25) is 0 Å². The molecule has 0 unspecified atom stereocenters. The fourth-order valence-corrected chi connectivity index (χ4v) is 2.44. The van der Waals surface area contributed by atoms with Crippen LogP contribution < -0.4 is 10.6 Å². The SMILES string of the molecule is N#C/C(=C/Nc1ccc([N+](=O)[O-])cc1)C(=O)Nc1cccc(S(=O)(=O)O)c1. The fourth-order valence-electron chi connectivity index (χ4n) is 1.92. The van der Waals surface area contributed by atoms with Crippen LogP contribution in [0.3, 0.4) is 0 Å². The number of carbonyl (C=O) groups excluding carboxylic acids is 1. The normalized spacial score (nSPS) is 11.3. The molecule has 0 heterocycles. The van der Waals surface area contributed by atoms with E-state index >= 15 is 0 Å². The molecule has 2 aromatic carbocycles. The molecular formula is C16H12N4O6S. The molecule has 0 aliphatic rings. The van der Waals surface area contributed by atoms with Crippen LogP contribution in [0.4, 0.5) is 17.1 Å². The van der Waals surface area contributed by atoms with Crippen LogP contribution in [-0.4, -0.2) is 23.8 Å². The molecule has 0 aliphatic carbocycles. The number of hydrogen-bond acceptors (Lipinski definition) is 7. The third-order valence-corrected chi connectivity index (χ3v) is 4.07. The van der Waals surface area contributed by atoms with Crippen molar-refractivity contribution >= 4 is 33.1 Å². The maximum absolute atomic E-state index is 12.1. The van der Waals surface area contributed by atoms with E-state index in [0.717, 1.165) is 18.3 Å². The monoisotopic (exact) mass is 388 g/mol. The summed E-state index contributed by atoms with van der Waals surface area (Å²) in [7, 11) is -4.43. The lowest BCUT2D eigenvalue weighted by molar-refractivity contribution is -0.384. The number of rotatable bonds is 6. The summed E-state index contributed by atoms with van der Waals surface area (Å²) in [5.74, 6) is -0.820. The fraction of sp³-hybridized carbons (Fsp3) is 0. The zero-order valence-electron chi connectivity index (χ0n) is 13.5. The minimum atomic E-state index is -4.43. The summed E-state index contributed by atoms with van der Waals surface area (Å²) in [5, 5.41) is 24.7. The molecule has 10 nitrogen and oxygen atoms in total. The van der Waals surface area contributed by atoms with Crippen LogP contribution >= 0.6 is 0 Å². The van der Waals surface area contributed by atoms with Crippen molar-refractivity contribution in [3.05, 3.63) is 70.4 Å². The molecule has 0 aromatic heterocycles. The third kappa shape index (κ3) is 5.36. The van der Waals surface area contributed by atoms with Crippen LogP contribution in [0, 0.1) is 21.4 Å². The average molecular weight is 388 g/mol. The molecule has 2 rings (SSSR count). The van der Waals surface area contributed by atoms with Gasteiger partial charge in [-0.2, -0.15) is 13.7 Å². The first kappa shape index (κ1) is 19.6. The van der Waals surface area contributed by atoms with E-state index in [0.29, 0.717) is 5.69 Å². The highest BCUT2D eigenvalue weighted by atomic mass is 32.2. The molecule has 138 valence electrons. The number of amides is 1. The molecule has 2 aromatic rings. The highest BCUT2D eigenvalue weighted by molar-refractivity contribution is 7.85. The van der Waals surface area contributed by atoms with E-state index in [1.165, 1.54) is 36.4 Å². The summed E-state index contributed by atoms with van der Waals surface area (Å²) in [6.07, 6.45) is 1.10. The summed E-state index contributed by atoms with van der Waals surface area (Å²) < 4.78 is 31.2. The summed E-state index contributed by atoms with van der Waals surface area (Å²) in [5.41, 5.74) is 0.0354. The maximum Gasteiger partial charge on any atom is 0.294 e. The van der Waals surface area contributed by atoms with Crippen molar-refractivity contribution in [1.82, 2.24) is 0 Å².